The van der Waals surface area contributed by atoms with Crippen LogP contribution in [0.5, 0.6) is 0 Å². The van der Waals surface area contributed by atoms with Gasteiger partial charge in [-0.25, -0.2) is 4.79 Å². The zero-order valence-corrected chi connectivity index (χ0v) is 14.5. The van der Waals surface area contributed by atoms with E-state index in [0.717, 1.165) is 19.3 Å². The molecule has 25 heavy (non-hydrogen) atoms. The number of carbonyl (C=O) groups excluding carboxylic acids is 1. The molecule has 1 aromatic carbocycles. The van der Waals surface area contributed by atoms with E-state index in [1.54, 1.807) is 31.2 Å². The number of amides is 1. The average Bonchev–Trinajstić information content (AvgIpc) is 3.01. The van der Waals surface area contributed by atoms with Gasteiger partial charge in [0, 0.05) is 11.3 Å². The number of hydrogen-bond acceptors (Lipinski definition) is 5. The first-order valence-electron chi connectivity index (χ1n) is 8.64. The number of nitrogens with one attached hydrogen (secondary N) is 2. The monoisotopic (exact) mass is 345 g/mol. The van der Waals surface area contributed by atoms with E-state index in [1.807, 2.05) is 0 Å². The fourth-order valence-electron chi connectivity index (χ4n) is 3.19. The predicted octanol–water partition coefficient (Wildman–Crippen LogP) is 2.95. The number of anilines is 1. The molecule has 0 saturated heterocycles. The lowest BCUT2D eigenvalue weighted by atomic mass is 9.88. The van der Waals surface area contributed by atoms with E-state index in [2.05, 4.69) is 26.9 Å². The van der Waals surface area contributed by atoms with Crippen LogP contribution in [0.25, 0.3) is 11.4 Å². The van der Waals surface area contributed by atoms with E-state index in [0.29, 0.717) is 23.0 Å². The second kappa shape index (κ2) is 7.65. The molecule has 0 radical (unpaired) electrons. The van der Waals surface area contributed by atoms with Crippen LogP contribution in [0, 0.1) is 5.92 Å². The minimum Gasteiger partial charge on any atom is -0.365 e. The number of aromatic amines is 1. The maximum atomic E-state index is 12.4. The second-order valence-electron chi connectivity index (χ2n) is 6.69. The Balaban J connectivity index is 1.61. The first kappa shape index (κ1) is 17.4. The highest BCUT2D eigenvalue weighted by atomic mass is 16.5. The summed E-state index contributed by atoms with van der Waals surface area (Å²) in [5, 5.41) is 6.49. The number of rotatable bonds is 5. The lowest BCUT2D eigenvalue weighted by Crippen LogP contribution is -2.33. The molecule has 1 heterocycles. The molecule has 1 amide bonds. The summed E-state index contributed by atoms with van der Waals surface area (Å²) < 4.78 is 10.4. The summed E-state index contributed by atoms with van der Waals surface area (Å²) in [6, 6.07) is 7.04. The van der Waals surface area contributed by atoms with Crippen LogP contribution in [0.15, 0.2) is 33.6 Å². The zero-order valence-electron chi connectivity index (χ0n) is 14.5. The maximum Gasteiger partial charge on any atom is 0.439 e. The summed E-state index contributed by atoms with van der Waals surface area (Å²) in [5.74, 6) is 0.161. The Morgan fingerprint density at radius 3 is 3.00 bits per heavy atom. The summed E-state index contributed by atoms with van der Waals surface area (Å²) in [7, 11) is 0. The third-order valence-corrected chi connectivity index (χ3v) is 4.50. The molecule has 3 rings (SSSR count). The summed E-state index contributed by atoms with van der Waals surface area (Å²) in [6.45, 7) is 3.99. The van der Waals surface area contributed by atoms with Crippen LogP contribution in [0.4, 0.5) is 5.69 Å². The van der Waals surface area contributed by atoms with Crippen molar-refractivity contribution in [1.82, 2.24) is 10.1 Å². The van der Waals surface area contributed by atoms with E-state index in [-0.39, 0.29) is 12.0 Å². The van der Waals surface area contributed by atoms with Gasteiger partial charge in [0.2, 0.25) is 0 Å². The number of carbonyl (C=O) groups is 1. The molecule has 7 nitrogen and oxygen atoms in total. The average molecular weight is 345 g/mol. The second-order valence-corrected chi connectivity index (χ2v) is 6.69. The Bertz CT molecular complexity index is 782. The lowest BCUT2D eigenvalue weighted by molar-refractivity contribution is -0.131. The SMILES string of the molecule is C[C@@H]1CCC[C@H](O[C@@H](C)C(=O)Nc2cccc(-c3noc(=O)[nH]3)c2)C1. The van der Waals surface area contributed by atoms with Crippen molar-refractivity contribution in [3.05, 3.63) is 34.8 Å². The molecule has 2 N–H and O–H groups in total. The van der Waals surface area contributed by atoms with Crippen LogP contribution in [0.3, 0.4) is 0 Å². The molecule has 7 heteroatoms. The minimum absolute atomic E-state index is 0.149. The summed E-state index contributed by atoms with van der Waals surface area (Å²) in [5.41, 5.74) is 1.26. The summed E-state index contributed by atoms with van der Waals surface area (Å²) in [6.07, 6.45) is 4.03. The molecule has 1 aromatic heterocycles. The van der Waals surface area contributed by atoms with Crippen molar-refractivity contribution in [3.63, 3.8) is 0 Å². The Morgan fingerprint density at radius 2 is 2.28 bits per heavy atom. The number of hydrogen-bond donors (Lipinski definition) is 2. The molecule has 1 aliphatic rings. The third-order valence-electron chi connectivity index (χ3n) is 4.50. The van der Waals surface area contributed by atoms with Gasteiger partial charge in [-0.05, 0) is 37.8 Å². The van der Waals surface area contributed by atoms with Crippen LogP contribution in [0.1, 0.15) is 39.5 Å². The largest absolute Gasteiger partial charge is 0.439 e. The topological polar surface area (TPSA) is 97.2 Å². The first-order chi connectivity index (χ1) is 12.0. The van der Waals surface area contributed by atoms with Gasteiger partial charge in [0.1, 0.15) is 6.10 Å². The molecular weight excluding hydrogens is 322 g/mol. The molecule has 1 aliphatic carbocycles. The van der Waals surface area contributed by atoms with Crippen LogP contribution in [-0.4, -0.2) is 28.3 Å². The van der Waals surface area contributed by atoms with Gasteiger partial charge in [0.15, 0.2) is 5.82 Å². The number of benzene rings is 1. The van der Waals surface area contributed by atoms with Gasteiger partial charge in [-0.15, -0.1) is 0 Å². The van der Waals surface area contributed by atoms with Gasteiger partial charge in [-0.1, -0.05) is 37.1 Å². The van der Waals surface area contributed by atoms with Gasteiger partial charge >= 0.3 is 5.76 Å². The molecule has 0 unspecified atom stereocenters. The zero-order chi connectivity index (χ0) is 17.8. The van der Waals surface area contributed by atoms with Crippen molar-refractivity contribution in [1.29, 1.82) is 0 Å². The smallest absolute Gasteiger partial charge is 0.365 e. The Kier molecular flexibility index (Phi) is 5.33. The Labute approximate surface area is 145 Å². The summed E-state index contributed by atoms with van der Waals surface area (Å²) >= 11 is 0. The molecule has 3 atom stereocenters. The Hall–Kier alpha value is -2.41. The normalized spacial score (nSPS) is 21.7. The molecule has 0 aliphatic heterocycles. The van der Waals surface area contributed by atoms with Crippen molar-refractivity contribution in [2.45, 2.75) is 51.7 Å². The van der Waals surface area contributed by atoms with E-state index >= 15 is 0 Å². The van der Waals surface area contributed by atoms with Gasteiger partial charge in [-0.3, -0.25) is 14.3 Å². The molecule has 0 spiro atoms. The molecule has 2 aromatic rings. The number of nitrogens with zero attached hydrogens (tertiary/aromatic N) is 1. The number of H-pyrrole nitrogens is 1. The molecular formula is C18H23N3O4. The molecule has 134 valence electrons. The van der Waals surface area contributed by atoms with Crippen LogP contribution in [0.2, 0.25) is 0 Å². The molecule has 0 bridgehead atoms. The lowest BCUT2D eigenvalue weighted by Gasteiger charge is -2.29. The molecule has 1 fully saturated rings. The van der Waals surface area contributed by atoms with Gasteiger partial charge < -0.3 is 10.1 Å². The van der Waals surface area contributed by atoms with Crippen molar-refractivity contribution >= 4 is 11.6 Å². The van der Waals surface area contributed by atoms with Crippen molar-refractivity contribution in [2.24, 2.45) is 5.92 Å². The number of aromatic nitrogens is 2. The van der Waals surface area contributed by atoms with Crippen molar-refractivity contribution in [3.8, 4) is 11.4 Å². The minimum atomic E-state index is -0.617. The standard InChI is InChI=1S/C18H23N3O4/c1-11-5-3-8-15(9-11)24-12(2)17(22)19-14-7-4-6-13(10-14)16-20-18(23)25-21-16/h4,6-7,10-12,15H,3,5,8-9H2,1-2H3,(H,19,22)(H,20,21,23)/t11-,12+,15+/m1/s1. The summed E-state index contributed by atoms with van der Waals surface area (Å²) in [4.78, 5) is 25.9. The number of ether oxygens (including phenoxy) is 1. The van der Waals surface area contributed by atoms with Gasteiger partial charge in [-0.2, -0.15) is 0 Å². The van der Waals surface area contributed by atoms with Crippen molar-refractivity contribution < 1.29 is 14.1 Å². The van der Waals surface area contributed by atoms with E-state index in [1.165, 1.54) is 6.42 Å². The fourth-order valence-corrected chi connectivity index (χ4v) is 3.19. The molecule has 1 saturated carbocycles. The highest BCUT2D eigenvalue weighted by Crippen LogP contribution is 2.26. The van der Waals surface area contributed by atoms with Gasteiger partial charge in [0.05, 0.1) is 6.10 Å². The van der Waals surface area contributed by atoms with Crippen LogP contribution >= 0.6 is 0 Å². The first-order valence-corrected chi connectivity index (χ1v) is 8.64. The van der Waals surface area contributed by atoms with Crippen LogP contribution in [-0.2, 0) is 9.53 Å². The van der Waals surface area contributed by atoms with Crippen LogP contribution < -0.4 is 11.1 Å². The van der Waals surface area contributed by atoms with E-state index in [4.69, 9.17) is 4.74 Å². The van der Waals surface area contributed by atoms with E-state index < -0.39 is 11.9 Å². The highest BCUT2D eigenvalue weighted by molar-refractivity contribution is 5.94. The Morgan fingerprint density at radius 1 is 1.44 bits per heavy atom. The maximum absolute atomic E-state index is 12.4. The van der Waals surface area contributed by atoms with E-state index in [9.17, 15) is 9.59 Å². The predicted molar refractivity (Wildman–Crippen MR) is 93.2 cm³/mol. The highest BCUT2D eigenvalue weighted by Gasteiger charge is 2.24. The van der Waals surface area contributed by atoms with Crippen molar-refractivity contribution in [2.75, 3.05) is 5.32 Å². The quantitative estimate of drug-likeness (QED) is 0.868. The van der Waals surface area contributed by atoms with Gasteiger partial charge in [0.25, 0.3) is 5.91 Å². The fraction of sp³-hybridized carbons (Fsp3) is 0.500. The third kappa shape index (κ3) is 4.57.